The molecule has 0 aliphatic heterocycles. The molecular formula is C15H19NS. The first kappa shape index (κ1) is 12.2. The highest BCUT2D eigenvalue weighted by atomic mass is 32.1. The van der Waals surface area contributed by atoms with Gasteiger partial charge in [0.2, 0.25) is 0 Å². The van der Waals surface area contributed by atoms with E-state index in [1.807, 2.05) is 11.3 Å². The van der Waals surface area contributed by atoms with Crippen molar-refractivity contribution in [3.05, 3.63) is 51.7 Å². The fourth-order valence-electron chi connectivity index (χ4n) is 1.85. The Bertz CT molecular complexity index is 456. The van der Waals surface area contributed by atoms with Crippen molar-refractivity contribution in [3.63, 3.8) is 0 Å². The van der Waals surface area contributed by atoms with Gasteiger partial charge in [0.1, 0.15) is 0 Å². The molecule has 1 aromatic carbocycles. The van der Waals surface area contributed by atoms with Crippen LogP contribution in [0.15, 0.2) is 35.7 Å². The lowest BCUT2D eigenvalue weighted by Crippen LogP contribution is -1.98. The van der Waals surface area contributed by atoms with E-state index in [4.69, 9.17) is 0 Å². The molecule has 1 aromatic heterocycles. The highest BCUT2D eigenvalue weighted by molar-refractivity contribution is 7.10. The normalized spacial score (nSPS) is 10.5. The Morgan fingerprint density at radius 2 is 1.88 bits per heavy atom. The average molecular weight is 245 g/mol. The first-order valence-electron chi connectivity index (χ1n) is 6.15. The minimum atomic E-state index is 0.927. The van der Waals surface area contributed by atoms with E-state index < -0.39 is 0 Å². The summed E-state index contributed by atoms with van der Waals surface area (Å²) in [5.74, 6) is 0. The van der Waals surface area contributed by atoms with Crippen molar-refractivity contribution in [2.45, 2.75) is 33.2 Å². The topological polar surface area (TPSA) is 12.0 Å². The smallest absolute Gasteiger partial charge is 0.0496 e. The number of anilines is 1. The summed E-state index contributed by atoms with van der Waals surface area (Å²) in [6.07, 6.45) is 2.38. The van der Waals surface area contributed by atoms with Crippen LogP contribution >= 0.6 is 11.3 Å². The maximum absolute atomic E-state index is 3.47. The van der Waals surface area contributed by atoms with Crippen molar-refractivity contribution in [1.29, 1.82) is 0 Å². The predicted octanol–water partition coefficient (Wildman–Crippen LogP) is 4.62. The number of benzene rings is 1. The summed E-state index contributed by atoms with van der Waals surface area (Å²) in [6.45, 7) is 5.31. The van der Waals surface area contributed by atoms with E-state index >= 15 is 0 Å². The summed E-state index contributed by atoms with van der Waals surface area (Å²) >= 11 is 1.82. The van der Waals surface area contributed by atoms with Crippen LogP contribution in [0.5, 0.6) is 0 Å². The van der Waals surface area contributed by atoms with E-state index in [2.05, 4.69) is 54.9 Å². The van der Waals surface area contributed by atoms with Crippen LogP contribution in [0.4, 0.5) is 5.69 Å². The van der Waals surface area contributed by atoms with Crippen LogP contribution in [-0.4, -0.2) is 0 Å². The molecule has 0 saturated carbocycles. The summed E-state index contributed by atoms with van der Waals surface area (Å²) in [5, 5.41) is 5.62. The van der Waals surface area contributed by atoms with Gasteiger partial charge in [0.05, 0.1) is 0 Å². The number of nitrogens with one attached hydrogen (secondary N) is 1. The number of hydrogen-bond acceptors (Lipinski definition) is 2. The van der Waals surface area contributed by atoms with Gasteiger partial charge in [-0.15, -0.1) is 11.3 Å². The van der Waals surface area contributed by atoms with Gasteiger partial charge in [0.15, 0.2) is 0 Å². The molecule has 1 N–H and O–H groups in total. The number of thiophene rings is 1. The SMILES string of the molecule is CCCc1ccc(NCc2sccc2C)cc1. The Hall–Kier alpha value is -1.28. The number of hydrogen-bond donors (Lipinski definition) is 1. The molecule has 0 atom stereocenters. The molecule has 17 heavy (non-hydrogen) atoms. The van der Waals surface area contributed by atoms with Crippen molar-refractivity contribution >= 4 is 17.0 Å². The molecule has 2 aromatic rings. The summed E-state index contributed by atoms with van der Waals surface area (Å²) < 4.78 is 0. The van der Waals surface area contributed by atoms with Gasteiger partial charge in [0.25, 0.3) is 0 Å². The van der Waals surface area contributed by atoms with Gasteiger partial charge >= 0.3 is 0 Å². The van der Waals surface area contributed by atoms with Crippen molar-refractivity contribution in [3.8, 4) is 0 Å². The van der Waals surface area contributed by atoms with E-state index in [0.29, 0.717) is 0 Å². The average Bonchev–Trinajstić information content (AvgIpc) is 2.75. The molecule has 0 aliphatic carbocycles. The van der Waals surface area contributed by atoms with Crippen molar-refractivity contribution < 1.29 is 0 Å². The lowest BCUT2D eigenvalue weighted by atomic mass is 10.1. The molecule has 0 radical (unpaired) electrons. The van der Waals surface area contributed by atoms with Crippen LogP contribution in [0.2, 0.25) is 0 Å². The third-order valence-corrected chi connectivity index (χ3v) is 3.94. The summed E-state index contributed by atoms with van der Waals surface area (Å²) in [4.78, 5) is 1.42. The molecule has 0 spiro atoms. The van der Waals surface area contributed by atoms with Gasteiger partial charge in [-0.05, 0) is 48.1 Å². The Morgan fingerprint density at radius 1 is 1.12 bits per heavy atom. The summed E-state index contributed by atoms with van der Waals surface area (Å²) in [7, 11) is 0. The van der Waals surface area contributed by atoms with E-state index in [-0.39, 0.29) is 0 Å². The van der Waals surface area contributed by atoms with Gasteiger partial charge in [-0.1, -0.05) is 25.5 Å². The third kappa shape index (κ3) is 3.34. The minimum absolute atomic E-state index is 0.927. The maximum atomic E-state index is 3.47. The lowest BCUT2D eigenvalue weighted by molar-refractivity contribution is 0.922. The van der Waals surface area contributed by atoms with Gasteiger partial charge in [-0.3, -0.25) is 0 Å². The molecule has 0 bridgehead atoms. The molecular weight excluding hydrogens is 226 g/mol. The standard InChI is InChI=1S/C15H19NS/c1-3-4-13-5-7-14(8-6-13)16-11-15-12(2)9-10-17-15/h5-10,16H,3-4,11H2,1-2H3. The molecule has 0 aliphatic rings. The highest BCUT2D eigenvalue weighted by Gasteiger charge is 1.99. The summed E-state index contributed by atoms with van der Waals surface area (Å²) in [5.41, 5.74) is 4.01. The molecule has 2 rings (SSSR count). The van der Waals surface area contributed by atoms with E-state index in [1.54, 1.807) is 0 Å². The Balaban J connectivity index is 1.93. The first-order chi connectivity index (χ1) is 8.29. The summed E-state index contributed by atoms with van der Waals surface area (Å²) in [6, 6.07) is 11.0. The minimum Gasteiger partial charge on any atom is -0.380 e. The van der Waals surface area contributed by atoms with Crippen molar-refractivity contribution in [1.82, 2.24) is 0 Å². The van der Waals surface area contributed by atoms with E-state index in [0.717, 1.165) is 6.54 Å². The maximum Gasteiger partial charge on any atom is 0.0496 e. The Morgan fingerprint density at radius 3 is 2.47 bits per heavy atom. The molecule has 1 nitrogen and oxygen atoms in total. The van der Waals surface area contributed by atoms with Gasteiger partial charge < -0.3 is 5.32 Å². The fraction of sp³-hybridized carbons (Fsp3) is 0.333. The number of aryl methyl sites for hydroxylation is 2. The lowest BCUT2D eigenvalue weighted by Gasteiger charge is -2.07. The van der Waals surface area contributed by atoms with Crippen LogP contribution in [-0.2, 0) is 13.0 Å². The molecule has 0 amide bonds. The van der Waals surface area contributed by atoms with Crippen LogP contribution in [0.3, 0.4) is 0 Å². The second-order valence-corrected chi connectivity index (χ2v) is 5.33. The predicted molar refractivity (Wildman–Crippen MR) is 76.8 cm³/mol. The van der Waals surface area contributed by atoms with Crippen LogP contribution in [0.25, 0.3) is 0 Å². The van der Waals surface area contributed by atoms with Crippen LogP contribution in [0, 0.1) is 6.92 Å². The van der Waals surface area contributed by atoms with Gasteiger partial charge in [-0.25, -0.2) is 0 Å². The Labute approximate surface area is 108 Å². The molecule has 2 heteroatoms. The molecule has 0 unspecified atom stereocenters. The van der Waals surface area contributed by atoms with Gasteiger partial charge in [0, 0.05) is 17.1 Å². The molecule has 1 heterocycles. The fourth-order valence-corrected chi connectivity index (χ4v) is 2.69. The third-order valence-electron chi connectivity index (χ3n) is 2.91. The van der Waals surface area contributed by atoms with E-state index in [1.165, 1.54) is 34.5 Å². The quantitative estimate of drug-likeness (QED) is 0.810. The van der Waals surface area contributed by atoms with E-state index in [9.17, 15) is 0 Å². The second-order valence-electron chi connectivity index (χ2n) is 4.33. The molecule has 0 fully saturated rings. The molecule has 0 saturated heterocycles. The van der Waals surface area contributed by atoms with Gasteiger partial charge in [-0.2, -0.15) is 0 Å². The van der Waals surface area contributed by atoms with Crippen molar-refractivity contribution in [2.24, 2.45) is 0 Å². The zero-order chi connectivity index (χ0) is 12.1. The molecule has 90 valence electrons. The number of rotatable bonds is 5. The second kappa shape index (κ2) is 5.87. The first-order valence-corrected chi connectivity index (χ1v) is 7.03. The monoisotopic (exact) mass is 245 g/mol. The van der Waals surface area contributed by atoms with Crippen molar-refractivity contribution in [2.75, 3.05) is 5.32 Å². The zero-order valence-electron chi connectivity index (χ0n) is 10.5. The van der Waals surface area contributed by atoms with Crippen LogP contribution < -0.4 is 5.32 Å². The van der Waals surface area contributed by atoms with Crippen LogP contribution in [0.1, 0.15) is 29.3 Å². The zero-order valence-corrected chi connectivity index (χ0v) is 11.3. The highest BCUT2D eigenvalue weighted by Crippen LogP contribution is 2.18. The Kier molecular flexibility index (Phi) is 4.21. The largest absolute Gasteiger partial charge is 0.380 e.